The standard InChI is InChI=1S/C49H52N3O7P/c1-32(2)52(33(3)4)60(59-29-13-28-50)34(5)45(51-48(55)35-18-27-43-44(30-35)47(54)42-17-12-11-16-41(42)46(43)53)31-58-49(36-14-9-8-10-15-36,37-19-23-39(56-6)24-20-37)38-21-25-40(57-7)26-22-38/h8-12,14-27,30,32-34,45H,13,29,31H2,1-7H3,(H,51,55)/t34-,45-,60?/m0/s1. The summed E-state index contributed by atoms with van der Waals surface area (Å²) in [6.07, 6.45) is 0.209. The molecule has 0 bridgehead atoms. The molecule has 1 aliphatic carbocycles. The normalized spacial score (nSPS) is 13.9. The number of ketones is 2. The van der Waals surface area contributed by atoms with Crippen molar-refractivity contribution >= 4 is 25.8 Å². The van der Waals surface area contributed by atoms with E-state index in [-0.39, 0.29) is 65.6 Å². The summed E-state index contributed by atoms with van der Waals surface area (Å²) in [5, 5.41) is 12.8. The largest absolute Gasteiger partial charge is 0.497 e. The molecule has 310 valence electrons. The van der Waals surface area contributed by atoms with Crippen molar-refractivity contribution in [1.29, 1.82) is 5.26 Å². The highest BCUT2D eigenvalue weighted by Gasteiger charge is 2.42. The third-order valence-electron chi connectivity index (χ3n) is 10.8. The first kappa shape index (κ1) is 43.9. The molecule has 0 fully saturated rings. The number of fused-ring (bicyclic) bond motifs is 2. The van der Waals surface area contributed by atoms with Gasteiger partial charge in [-0.05, 0) is 86.8 Å². The second kappa shape index (κ2) is 19.6. The summed E-state index contributed by atoms with van der Waals surface area (Å²) in [4.78, 5) is 41.7. The second-order valence-corrected chi connectivity index (χ2v) is 17.4. The fraction of sp³-hybridized carbons (Fsp3) is 0.306. The van der Waals surface area contributed by atoms with Gasteiger partial charge in [-0.25, -0.2) is 0 Å². The molecule has 3 atom stereocenters. The fourth-order valence-electron chi connectivity index (χ4n) is 7.87. The first-order chi connectivity index (χ1) is 28.9. The highest BCUT2D eigenvalue weighted by Crippen LogP contribution is 2.51. The lowest BCUT2D eigenvalue weighted by molar-refractivity contribution is -0.000254. The smallest absolute Gasteiger partial charge is 0.251 e. The van der Waals surface area contributed by atoms with Crippen molar-refractivity contribution in [1.82, 2.24) is 9.99 Å². The molecule has 0 aromatic heterocycles. The number of carbonyl (C=O) groups excluding carboxylic acids is 3. The van der Waals surface area contributed by atoms with Crippen molar-refractivity contribution in [3.05, 3.63) is 166 Å². The van der Waals surface area contributed by atoms with Gasteiger partial charge in [0.15, 0.2) is 11.6 Å². The molecule has 0 heterocycles. The van der Waals surface area contributed by atoms with E-state index in [2.05, 4.69) is 43.8 Å². The summed E-state index contributed by atoms with van der Waals surface area (Å²) in [5.41, 5.74) is 2.30. The van der Waals surface area contributed by atoms with E-state index in [0.717, 1.165) is 16.7 Å². The van der Waals surface area contributed by atoms with Gasteiger partial charge in [0.25, 0.3) is 5.91 Å². The Morgan fingerprint density at radius 3 is 1.72 bits per heavy atom. The predicted octanol–water partition coefficient (Wildman–Crippen LogP) is 9.34. The van der Waals surface area contributed by atoms with Gasteiger partial charge in [-0.3, -0.25) is 19.1 Å². The topological polar surface area (TPSA) is 127 Å². The van der Waals surface area contributed by atoms with E-state index in [9.17, 15) is 19.6 Å². The Balaban J connectivity index is 1.46. The van der Waals surface area contributed by atoms with Crippen molar-refractivity contribution in [3.8, 4) is 17.6 Å². The number of nitriles is 1. The van der Waals surface area contributed by atoms with Crippen LogP contribution in [-0.2, 0) is 14.9 Å². The van der Waals surface area contributed by atoms with Crippen LogP contribution in [0.4, 0.5) is 0 Å². The maximum atomic E-state index is 14.6. The monoisotopic (exact) mass is 825 g/mol. The number of nitrogens with zero attached hydrogens (tertiary/aromatic N) is 2. The number of amides is 1. The minimum absolute atomic E-state index is 0.0140. The third-order valence-corrected chi connectivity index (χ3v) is 13.7. The van der Waals surface area contributed by atoms with Crippen LogP contribution in [0.2, 0.25) is 0 Å². The van der Waals surface area contributed by atoms with E-state index in [1.807, 2.05) is 85.8 Å². The zero-order valence-corrected chi connectivity index (χ0v) is 36.1. The van der Waals surface area contributed by atoms with E-state index in [1.165, 1.54) is 6.07 Å². The van der Waals surface area contributed by atoms with Crippen molar-refractivity contribution in [2.24, 2.45) is 0 Å². The number of carbonyl (C=O) groups is 3. The van der Waals surface area contributed by atoms with Crippen LogP contribution in [0, 0.1) is 11.3 Å². The molecule has 5 aromatic carbocycles. The Morgan fingerprint density at radius 2 is 1.20 bits per heavy atom. The van der Waals surface area contributed by atoms with Gasteiger partial charge < -0.3 is 24.1 Å². The summed E-state index contributed by atoms with van der Waals surface area (Å²) in [6, 6.07) is 38.5. The van der Waals surface area contributed by atoms with Crippen molar-refractivity contribution < 1.29 is 33.1 Å². The van der Waals surface area contributed by atoms with Gasteiger partial charge in [-0.15, -0.1) is 0 Å². The Hall–Kier alpha value is -5.69. The van der Waals surface area contributed by atoms with Gasteiger partial charge >= 0.3 is 0 Å². The molecule has 1 N–H and O–H groups in total. The third kappa shape index (κ3) is 9.06. The lowest BCUT2D eigenvalue weighted by Crippen LogP contribution is -2.49. The summed E-state index contributed by atoms with van der Waals surface area (Å²) >= 11 is 0. The van der Waals surface area contributed by atoms with Crippen molar-refractivity contribution in [2.75, 3.05) is 27.4 Å². The number of rotatable bonds is 18. The van der Waals surface area contributed by atoms with Crippen LogP contribution in [0.1, 0.15) is 99.9 Å². The molecule has 0 spiro atoms. The zero-order chi connectivity index (χ0) is 43.0. The molecular formula is C49H52N3O7P. The lowest BCUT2D eigenvalue weighted by Gasteiger charge is -2.43. The number of benzene rings is 5. The Kier molecular flexibility index (Phi) is 14.3. The highest BCUT2D eigenvalue weighted by molar-refractivity contribution is 7.50. The second-order valence-electron chi connectivity index (χ2n) is 15.2. The first-order valence-electron chi connectivity index (χ1n) is 20.1. The molecule has 0 saturated carbocycles. The van der Waals surface area contributed by atoms with Gasteiger partial charge in [-0.1, -0.05) is 85.8 Å². The van der Waals surface area contributed by atoms with Gasteiger partial charge in [0.05, 0.1) is 46.0 Å². The van der Waals surface area contributed by atoms with Crippen LogP contribution in [0.3, 0.4) is 0 Å². The molecule has 1 unspecified atom stereocenters. The van der Waals surface area contributed by atoms with Gasteiger partial charge in [0, 0.05) is 45.6 Å². The van der Waals surface area contributed by atoms with Crippen LogP contribution in [-0.4, -0.2) is 73.4 Å². The average Bonchev–Trinajstić information content (AvgIpc) is 3.27. The highest BCUT2D eigenvalue weighted by atomic mass is 31.2. The van der Waals surface area contributed by atoms with Crippen molar-refractivity contribution in [2.45, 2.75) is 70.4 Å². The zero-order valence-electron chi connectivity index (χ0n) is 35.2. The summed E-state index contributed by atoms with van der Waals surface area (Å²) < 4.78 is 27.4. The van der Waals surface area contributed by atoms with Gasteiger partial charge in [-0.2, -0.15) is 5.26 Å². The molecule has 0 radical (unpaired) electrons. The molecule has 1 aliphatic rings. The van der Waals surface area contributed by atoms with Crippen LogP contribution >= 0.6 is 8.30 Å². The summed E-state index contributed by atoms with van der Waals surface area (Å²) in [5.74, 6) is 0.359. The molecule has 0 saturated heterocycles. The molecule has 60 heavy (non-hydrogen) atoms. The molecule has 11 heteroatoms. The van der Waals surface area contributed by atoms with Gasteiger partial charge in [0.2, 0.25) is 0 Å². The molecule has 1 amide bonds. The fourth-order valence-corrected chi connectivity index (χ4v) is 10.3. The maximum absolute atomic E-state index is 14.6. The maximum Gasteiger partial charge on any atom is 0.251 e. The number of ether oxygens (including phenoxy) is 3. The van der Waals surface area contributed by atoms with Crippen LogP contribution in [0.25, 0.3) is 0 Å². The molecular weight excluding hydrogens is 774 g/mol. The van der Waals surface area contributed by atoms with Crippen molar-refractivity contribution in [3.63, 3.8) is 0 Å². The average molecular weight is 826 g/mol. The molecule has 6 rings (SSSR count). The van der Waals surface area contributed by atoms with E-state index < -0.39 is 25.8 Å². The first-order valence-corrected chi connectivity index (χ1v) is 21.4. The van der Waals surface area contributed by atoms with Crippen LogP contribution in [0.5, 0.6) is 11.5 Å². The lowest BCUT2D eigenvalue weighted by atomic mass is 9.80. The van der Waals surface area contributed by atoms with Crippen LogP contribution in [0.15, 0.2) is 121 Å². The Morgan fingerprint density at radius 1 is 0.700 bits per heavy atom. The predicted molar refractivity (Wildman–Crippen MR) is 234 cm³/mol. The Bertz CT molecular complexity index is 2270. The number of hydrogen-bond donors (Lipinski definition) is 1. The summed E-state index contributed by atoms with van der Waals surface area (Å²) in [7, 11) is 1.81. The number of nitrogens with one attached hydrogen (secondary N) is 1. The molecule has 0 aliphatic heterocycles. The van der Waals surface area contributed by atoms with E-state index >= 15 is 0 Å². The SMILES string of the molecule is COc1ccc(C(OC[C@H](NC(=O)c2ccc3c(c2)C(=O)c2ccccc2C3=O)[C@H](C)P(OCCC#N)N(C(C)C)C(C)C)(c2ccccc2)c2ccc(OC)cc2)cc1. The van der Waals surface area contributed by atoms with E-state index in [0.29, 0.717) is 22.6 Å². The minimum Gasteiger partial charge on any atom is -0.497 e. The Labute approximate surface area is 354 Å². The molecule has 10 nitrogen and oxygen atoms in total. The minimum atomic E-state index is -1.43. The number of methoxy groups -OCH3 is 2. The van der Waals surface area contributed by atoms with E-state index in [1.54, 1.807) is 50.6 Å². The van der Waals surface area contributed by atoms with Gasteiger partial charge in [0.1, 0.15) is 25.4 Å². The van der Waals surface area contributed by atoms with E-state index in [4.69, 9.17) is 18.7 Å². The molecule has 5 aromatic rings. The summed E-state index contributed by atoms with van der Waals surface area (Å²) in [6.45, 7) is 10.7. The quantitative estimate of drug-likeness (QED) is 0.0513. The number of hydrogen-bond acceptors (Lipinski definition) is 9. The van der Waals surface area contributed by atoms with Crippen LogP contribution < -0.4 is 14.8 Å².